The van der Waals surface area contributed by atoms with Gasteiger partial charge in [-0.15, -0.1) is 0 Å². The SMILES string of the molecule is Cc1ccc(C=CC(=S)c2ccccc2)cc1Cl. The Kier molecular flexibility index (Phi) is 4.29. The van der Waals surface area contributed by atoms with E-state index in [2.05, 4.69) is 0 Å². The molecule has 0 aliphatic heterocycles. The molecule has 0 fully saturated rings. The van der Waals surface area contributed by atoms with Crippen LogP contribution in [0.25, 0.3) is 6.08 Å². The Bertz CT molecular complexity index is 585. The van der Waals surface area contributed by atoms with E-state index in [4.69, 9.17) is 23.8 Å². The van der Waals surface area contributed by atoms with Crippen LogP contribution in [0.5, 0.6) is 0 Å². The molecule has 18 heavy (non-hydrogen) atoms. The molecule has 2 heteroatoms. The van der Waals surface area contributed by atoms with Crippen molar-refractivity contribution in [2.45, 2.75) is 6.92 Å². The maximum absolute atomic E-state index is 6.08. The minimum absolute atomic E-state index is 0.780. The van der Waals surface area contributed by atoms with E-state index in [9.17, 15) is 0 Å². The predicted octanol–water partition coefficient (Wildman–Crippen LogP) is 5.08. The second-order valence-corrected chi connectivity index (χ2v) is 4.92. The first-order valence-electron chi connectivity index (χ1n) is 5.70. The summed E-state index contributed by atoms with van der Waals surface area (Å²) in [6.45, 7) is 1.99. The first-order valence-corrected chi connectivity index (χ1v) is 6.49. The van der Waals surface area contributed by atoms with Crippen LogP contribution in [-0.2, 0) is 0 Å². The van der Waals surface area contributed by atoms with Crippen molar-refractivity contribution in [3.63, 3.8) is 0 Å². The summed E-state index contributed by atoms with van der Waals surface area (Å²) >= 11 is 11.4. The summed E-state index contributed by atoms with van der Waals surface area (Å²) in [4.78, 5) is 0.826. The van der Waals surface area contributed by atoms with Crippen LogP contribution in [0.15, 0.2) is 54.6 Å². The number of thiocarbonyl (C=S) groups is 1. The maximum Gasteiger partial charge on any atom is 0.0449 e. The molecule has 0 heterocycles. The molecular weight excluding hydrogens is 260 g/mol. The molecule has 2 aromatic carbocycles. The van der Waals surface area contributed by atoms with E-state index in [1.54, 1.807) is 0 Å². The van der Waals surface area contributed by atoms with Gasteiger partial charge in [-0.25, -0.2) is 0 Å². The molecule has 0 unspecified atom stereocenters. The van der Waals surface area contributed by atoms with Gasteiger partial charge < -0.3 is 0 Å². The summed E-state index contributed by atoms with van der Waals surface area (Å²) in [5, 5.41) is 0.780. The lowest BCUT2D eigenvalue weighted by Crippen LogP contribution is -1.90. The molecule has 0 radical (unpaired) electrons. The maximum atomic E-state index is 6.08. The zero-order valence-corrected chi connectivity index (χ0v) is 11.6. The highest BCUT2D eigenvalue weighted by atomic mass is 35.5. The Hall–Kier alpha value is -1.44. The quantitative estimate of drug-likeness (QED) is 0.427. The Morgan fingerprint density at radius 1 is 1.11 bits per heavy atom. The Morgan fingerprint density at radius 2 is 1.83 bits per heavy atom. The first kappa shape index (κ1) is 13.0. The van der Waals surface area contributed by atoms with E-state index < -0.39 is 0 Å². The lowest BCUT2D eigenvalue weighted by atomic mass is 10.1. The van der Waals surface area contributed by atoms with Crippen molar-refractivity contribution < 1.29 is 0 Å². The van der Waals surface area contributed by atoms with Gasteiger partial charge in [0.2, 0.25) is 0 Å². The van der Waals surface area contributed by atoms with Crippen molar-refractivity contribution >= 4 is 34.8 Å². The molecule has 2 rings (SSSR count). The monoisotopic (exact) mass is 272 g/mol. The fourth-order valence-electron chi connectivity index (χ4n) is 1.58. The molecule has 0 aliphatic carbocycles. The smallest absolute Gasteiger partial charge is 0.0449 e. The molecule has 90 valence electrons. The molecule has 2 aromatic rings. The van der Waals surface area contributed by atoms with Gasteiger partial charge >= 0.3 is 0 Å². The Morgan fingerprint density at radius 3 is 2.50 bits per heavy atom. The average molecular weight is 273 g/mol. The number of halogens is 1. The molecule has 0 amide bonds. The molecule has 0 bridgehead atoms. The van der Waals surface area contributed by atoms with Crippen molar-refractivity contribution in [2.75, 3.05) is 0 Å². The minimum Gasteiger partial charge on any atom is -0.0840 e. The fourth-order valence-corrected chi connectivity index (χ4v) is 1.98. The number of benzene rings is 2. The third-order valence-electron chi connectivity index (χ3n) is 2.68. The second kappa shape index (κ2) is 5.94. The van der Waals surface area contributed by atoms with Crippen molar-refractivity contribution in [2.24, 2.45) is 0 Å². The lowest BCUT2D eigenvalue weighted by molar-refractivity contribution is 1.46. The summed E-state index contributed by atoms with van der Waals surface area (Å²) in [5.41, 5.74) is 3.20. The lowest BCUT2D eigenvalue weighted by Gasteiger charge is -2.00. The van der Waals surface area contributed by atoms with Gasteiger partial charge in [-0.2, -0.15) is 0 Å². The number of hydrogen-bond donors (Lipinski definition) is 0. The van der Waals surface area contributed by atoms with Gasteiger partial charge in [-0.1, -0.05) is 72.4 Å². The van der Waals surface area contributed by atoms with E-state index in [1.807, 2.05) is 67.6 Å². The highest BCUT2D eigenvalue weighted by molar-refractivity contribution is 7.81. The van der Waals surface area contributed by atoms with Crippen molar-refractivity contribution in [3.8, 4) is 0 Å². The van der Waals surface area contributed by atoms with Crippen LogP contribution < -0.4 is 0 Å². The van der Waals surface area contributed by atoms with Crippen LogP contribution in [0.2, 0.25) is 5.02 Å². The van der Waals surface area contributed by atoms with Gasteiger partial charge in [-0.3, -0.25) is 0 Å². The summed E-state index contributed by atoms with van der Waals surface area (Å²) < 4.78 is 0. The molecule has 0 nitrogen and oxygen atoms in total. The molecule has 0 aromatic heterocycles. The van der Waals surface area contributed by atoms with E-state index >= 15 is 0 Å². The summed E-state index contributed by atoms with van der Waals surface area (Å²) in [6.07, 6.45) is 3.92. The van der Waals surface area contributed by atoms with Crippen molar-refractivity contribution in [1.82, 2.24) is 0 Å². The highest BCUT2D eigenvalue weighted by Crippen LogP contribution is 2.17. The molecule has 0 saturated carbocycles. The standard InChI is InChI=1S/C16H13ClS/c1-12-7-8-13(11-15(12)17)9-10-16(18)14-5-3-2-4-6-14/h2-11H,1H3. The van der Waals surface area contributed by atoms with E-state index in [-0.39, 0.29) is 0 Å². The highest BCUT2D eigenvalue weighted by Gasteiger charge is 1.97. The average Bonchev–Trinajstić information content (AvgIpc) is 2.41. The summed E-state index contributed by atoms with van der Waals surface area (Å²) in [5.74, 6) is 0. The Balaban J connectivity index is 2.16. The van der Waals surface area contributed by atoms with Gasteiger partial charge in [-0.05, 0) is 35.8 Å². The first-order chi connectivity index (χ1) is 8.66. The van der Waals surface area contributed by atoms with Gasteiger partial charge in [0.25, 0.3) is 0 Å². The topological polar surface area (TPSA) is 0 Å². The molecule has 0 saturated heterocycles. The van der Waals surface area contributed by atoms with E-state index in [0.717, 1.165) is 26.6 Å². The molecule has 0 N–H and O–H groups in total. The van der Waals surface area contributed by atoms with Crippen LogP contribution in [0.1, 0.15) is 16.7 Å². The van der Waals surface area contributed by atoms with Gasteiger partial charge in [0.05, 0.1) is 0 Å². The molecule has 0 atom stereocenters. The summed E-state index contributed by atoms with van der Waals surface area (Å²) in [7, 11) is 0. The van der Waals surface area contributed by atoms with Crippen LogP contribution in [0.4, 0.5) is 0 Å². The Labute approximate surface area is 118 Å². The fraction of sp³-hybridized carbons (Fsp3) is 0.0625. The number of hydrogen-bond acceptors (Lipinski definition) is 1. The van der Waals surface area contributed by atoms with Gasteiger partial charge in [0.15, 0.2) is 0 Å². The number of rotatable bonds is 3. The van der Waals surface area contributed by atoms with Crippen LogP contribution >= 0.6 is 23.8 Å². The second-order valence-electron chi connectivity index (χ2n) is 4.07. The zero-order valence-electron chi connectivity index (χ0n) is 10.1. The predicted molar refractivity (Wildman–Crippen MR) is 83.4 cm³/mol. The van der Waals surface area contributed by atoms with E-state index in [1.165, 1.54) is 0 Å². The van der Waals surface area contributed by atoms with Crippen LogP contribution in [0.3, 0.4) is 0 Å². The largest absolute Gasteiger partial charge is 0.0840 e. The van der Waals surface area contributed by atoms with Crippen LogP contribution in [-0.4, -0.2) is 4.86 Å². The van der Waals surface area contributed by atoms with Crippen molar-refractivity contribution in [3.05, 3.63) is 76.3 Å². The molecule has 0 spiro atoms. The van der Waals surface area contributed by atoms with Crippen LogP contribution in [0, 0.1) is 6.92 Å². The molecule has 0 aliphatic rings. The normalized spacial score (nSPS) is 10.8. The zero-order chi connectivity index (χ0) is 13.0. The summed E-state index contributed by atoms with van der Waals surface area (Å²) in [6, 6.07) is 16.0. The van der Waals surface area contributed by atoms with Gasteiger partial charge in [0, 0.05) is 9.89 Å². The number of allylic oxidation sites excluding steroid dienone is 1. The third-order valence-corrected chi connectivity index (χ3v) is 3.46. The molecular formula is C16H13ClS. The minimum atomic E-state index is 0.780. The van der Waals surface area contributed by atoms with E-state index in [0.29, 0.717) is 0 Å². The van der Waals surface area contributed by atoms with Gasteiger partial charge in [0.1, 0.15) is 0 Å². The third kappa shape index (κ3) is 3.28. The van der Waals surface area contributed by atoms with Crippen molar-refractivity contribution in [1.29, 1.82) is 0 Å². The number of aryl methyl sites for hydroxylation is 1.